The molecular weight excluding hydrogens is 250 g/mol. The van der Waals surface area contributed by atoms with Gasteiger partial charge in [0.25, 0.3) is 0 Å². The zero-order valence-corrected chi connectivity index (χ0v) is 12.7. The quantitative estimate of drug-likeness (QED) is 0.772. The van der Waals surface area contributed by atoms with Gasteiger partial charge in [-0.1, -0.05) is 30.3 Å². The van der Waals surface area contributed by atoms with Crippen molar-refractivity contribution < 1.29 is 9.53 Å². The van der Waals surface area contributed by atoms with Crippen LogP contribution in [-0.2, 0) is 9.53 Å². The third-order valence-corrected chi connectivity index (χ3v) is 4.35. The van der Waals surface area contributed by atoms with E-state index in [0.29, 0.717) is 25.0 Å². The first-order chi connectivity index (χ1) is 9.65. The highest BCUT2D eigenvalue weighted by Crippen LogP contribution is 2.37. The number of carbonyl (C=O) groups excluding carboxylic acids is 1. The van der Waals surface area contributed by atoms with Gasteiger partial charge >= 0.3 is 0 Å². The first kappa shape index (κ1) is 15.0. The van der Waals surface area contributed by atoms with Crippen LogP contribution in [0.2, 0.25) is 0 Å². The second-order valence-corrected chi connectivity index (χ2v) is 5.74. The summed E-state index contributed by atoms with van der Waals surface area (Å²) in [4.78, 5) is 14.5. The van der Waals surface area contributed by atoms with E-state index in [4.69, 9.17) is 4.74 Å². The minimum atomic E-state index is 0.264. The summed E-state index contributed by atoms with van der Waals surface area (Å²) in [5.41, 5.74) is 1.35. The van der Waals surface area contributed by atoms with Gasteiger partial charge in [0, 0.05) is 38.1 Å². The van der Waals surface area contributed by atoms with Crippen molar-refractivity contribution in [3.8, 4) is 0 Å². The summed E-state index contributed by atoms with van der Waals surface area (Å²) in [6.45, 7) is 4.99. The summed E-state index contributed by atoms with van der Waals surface area (Å²) in [5.74, 6) is 0.720. The average Bonchev–Trinajstić information content (AvgIpc) is 2.75. The molecule has 1 fully saturated rings. The van der Waals surface area contributed by atoms with Gasteiger partial charge in [-0.05, 0) is 32.3 Å². The fraction of sp³-hybridized carbons (Fsp3) is 0.588. The standard InChI is InChI=1S/C17H25NO2/c1-13-12-16(15-8-5-4-6-9-15)14(2)18(13)17(19)10-7-11-20-3/h4-6,8-9,13-14,16H,7,10-12H2,1-3H3. The Kier molecular flexibility index (Phi) is 5.18. The largest absolute Gasteiger partial charge is 0.385 e. The van der Waals surface area contributed by atoms with Crippen LogP contribution in [-0.4, -0.2) is 36.6 Å². The molecule has 1 amide bonds. The summed E-state index contributed by atoms with van der Waals surface area (Å²) in [6.07, 6.45) is 2.45. The Morgan fingerprint density at radius 1 is 1.30 bits per heavy atom. The van der Waals surface area contributed by atoms with Crippen LogP contribution in [0, 0.1) is 0 Å². The van der Waals surface area contributed by atoms with Crippen molar-refractivity contribution in [2.75, 3.05) is 13.7 Å². The van der Waals surface area contributed by atoms with E-state index in [0.717, 1.165) is 12.8 Å². The first-order valence-corrected chi connectivity index (χ1v) is 7.50. The van der Waals surface area contributed by atoms with E-state index in [2.05, 4.69) is 43.0 Å². The molecule has 3 heteroatoms. The van der Waals surface area contributed by atoms with Gasteiger partial charge in [0.05, 0.1) is 0 Å². The number of rotatable bonds is 5. The lowest BCUT2D eigenvalue weighted by atomic mass is 9.92. The van der Waals surface area contributed by atoms with Gasteiger partial charge < -0.3 is 9.64 Å². The molecule has 0 N–H and O–H groups in total. The Morgan fingerprint density at radius 3 is 2.65 bits per heavy atom. The number of hydrogen-bond donors (Lipinski definition) is 0. The summed E-state index contributed by atoms with van der Waals surface area (Å²) in [6, 6.07) is 11.2. The SMILES string of the molecule is COCCCC(=O)N1C(C)CC(c2ccccc2)C1C. The highest BCUT2D eigenvalue weighted by molar-refractivity contribution is 5.77. The van der Waals surface area contributed by atoms with Crippen molar-refractivity contribution in [2.24, 2.45) is 0 Å². The number of carbonyl (C=O) groups is 1. The Labute approximate surface area is 121 Å². The van der Waals surface area contributed by atoms with Crippen LogP contribution in [0.4, 0.5) is 0 Å². The molecule has 3 atom stereocenters. The molecule has 0 radical (unpaired) electrons. The molecule has 2 rings (SSSR count). The van der Waals surface area contributed by atoms with E-state index in [1.54, 1.807) is 7.11 Å². The molecule has 110 valence electrons. The van der Waals surface area contributed by atoms with Crippen LogP contribution < -0.4 is 0 Å². The van der Waals surface area contributed by atoms with Crippen molar-refractivity contribution in [3.05, 3.63) is 35.9 Å². The summed E-state index contributed by atoms with van der Waals surface area (Å²) in [7, 11) is 1.68. The summed E-state index contributed by atoms with van der Waals surface area (Å²) >= 11 is 0. The molecule has 1 aliphatic heterocycles. The fourth-order valence-corrected chi connectivity index (χ4v) is 3.36. The average molecular weight is 275 g/mol. The highest BCUT2D eigenvalue weighted by atomic mass is 16.5. The molecular formula is C17H25NO2. The van der Waals surface area contributed by atoms with Crippen LogP contribution >= 0.6 is 0 Å². The summed E-state index contributed by atoms with van der Waals surface area (Å²) < 4.78 is 5.03. The molecule has 1 aliphatic rings. The van der Waals surface area contributed by atoms with Crippen molar-refractivity contribution in [1.82, 2.24) is 4.90 Å². The molecule has 20 heavy (non-hydrogen) atoms. The Morgan fingerprint density at radius 2 is 2.00 bits per heavy atom. The van der Waals surface area contributed by atoms with Gasteiger partial charge in [-0.2, -0.15) is 0 Å². The lowest BCUT2D eigenvalue weighted by Gasteiger charge is -2.28. The normalized spacial score (nSPS) is 25.9. The molecule has 3 unspecified atom stereocenters. The molecule has 1 aromatic carbocycles. The third-order valence-electron chi connectivity index (χ3n) is 4.35. The van der Waals surface area contributed by atoms with Crippen LogP contribution in [0.3, 0.4) is 0 Å². The molecule has 0 saturated carbocycles. The Hall–Kier alpha value is -1.35. The number of nitrogens with zero attached hydrogens (tertiary/aromatic N) is 1. The van der Waals surface area contributed by atoms with Crippen LogP contribution in [0.5, 0.6) is 0 Å². The maximum absolute atomic E-state index is 12.4. The smallest absolute Gasteiger partial charge is 0.223 e. The first-order valence-electron chi connectivity index (χ1n) is 7.50. The zero-order chi connectivity index (χ0) is 14.5. The number of amides is 1. The van der Waals surface area contributed by atoms with Gasteiger partial charge in [-0.3, -0.25) is 4.79 Å². The number of likely N-dealkylation sites (tertiary alicyclic amines) is 1. The van der Waals surface area contributed by atoms with Crippen molar-refractivity contribution in [3.63, 3.8) is 0 Å². The van der Waals surface area contributed by atoms with Gasteiger partial charge in [-0.15, -0.1) is 0 Å². The highest BCUT2D eigenvalue weighted by Gasteiger charge is 2.39. The van der Waals surface area contributed by atoms with E-state index in [1.807, 2.05) is 6.07 Å². The zero-order valence-electron chi connectivity index (χ0n) is 12.7. The van der Waals surface area contributed by atoms with Crippen LogP contribution in [0.25, 0.3) is 0 Å². The lowest BCUT2D eigenvalue weighted by molar-refractivity contribution is -0.133. The molecule has 0 aliphatic carbocycles. The van der Waals surface area contributed by atoms with Crippen LogP contribution in [0.15, 0.2) is 30.3 Å². The van der Waals surface area contributed by atoms with Gasteiger partial charge in [0.15, 0.2) is 0 Å². The van der Waals surface area contributed by atoms with Crippen molar-refractivity contribution in [2.45, 2.75) is 51.1 Å². The maximum Gasteiger partial charge on any atom is 0.223 e. The predicted molar refractivity (Wildman–Crippen MR) is 80.7 cm³/mol. The summed E-state index contributed by atoms with van der Waals surface area (Å²) in [5, 5.41) is 0. The van der Waals surface area contributed by atoms with Gasteiger partial charge in [-0.25, -0.2) is 0 Å². The molecule has 1 saturated heterocycles. The molecule has 3 nitrogen and oxygen atoms in total. The topological polar surface area (TPSA) is 29.5 Å². The van der Waals surface area contributed by atoms with Crippen LogP contribution in [0.1, 0.15) is 44.6 Å². The second-order valence-electron chi connectivity index (χ2n) is 5.74. The second kappa shape index (κ2) is 6.89. The number of hydrogen-bond acceptors (Lipinski definition) is 2. The number of methoxy groups -OCH3 is 1. The Bertz CT molecular complexity index is 432. The molecule has 1 aromatic rings. The minimum Gasteiger partial charge on any atom is -0.385 e. The number of benzene rings is 1. The minimum absolute atomic E-state index is 0.264. The van der Waals surface area contributed by atoms with E-state index < -0.39 is 0 Å². The monoisotopic (exact) mass is 275 g/mol. The third kappa shape index (κ3) is 3.21. The van der Waals surface area contributed by atoms with E-state index in [1.165, 1.54) is 5.56 Å². The van der Waals surface area contributed by atoms with Gasteiger partial charge in [0.1, 0.15) is 0 Å². The maximum atomic E-state index is 12.4. The molecule has 1 heterocycles. The van der Waals surface area contributed by atoms with E-state index in [9.17, 15) is 4.79 Å². The van der Waals surface area contributed by atoms with Crippen molar-refractivity contribution in [1.29, 1.82) is 0 Å². The molecule has 0 bridgehead atoms. The van der Waals surface area contributed by atoms with E-state index in [-0.39, 0.29) is 11.9 Å². The number of ether oxygens (including phenoxy) is 1. The predicted octanol–water partition coefficient (Wildman–Crippen LogP) is 3.21. The molecule has 0 spiro atoms. The Balaban J connectivity index is 2.03. The lowest BCUT2D eigenvalue weighted by Crippen LogP contribution is -2.39. The fourth-order valence-electron chi connectivity index (χ4n) is 3.36. The van der Waals surface area contributed by atoms with Gasteiger partial charge in [0.2, 0.25) is 5.91 Å². The van der Waals surface area contributed by atoms with Crippen molar-refractivity contribution >= 4 is 5.91 Å². The van der Waals surface area contributed by atoms with E-state index >= 15 is 0 Å². The molecule has 0 aromatic heterocycles.